The molecule has 2 aliphatic rings. The van der Waals surface area contributed by atoms with E-state index >= 15 is 0 Å². The van der Waals surface area contributed by atoms with E-state index in [2.05, 4.69) is 19.1 Å². The number of methoxy groups -OCH3 is 1. The van der Waals surface area contributed by atoms with Gasteiger partial charge < -0.3 is 24.1 Å². The molecule has 2 N–H and O–H groups in total. The molecule has 6 nitrogen and oxygen atoms in total. The lowest BCUT2D eigenvalue weighted by molar-refractivity contribution is 0.0776. The minimum Gasteiger partial charge on any atom is -0.508 e. The van der Waals surface area contributed by atoms with Gasteiger partial charge in [-0.25, -0.2) is 4.79 Å². The van der Waals surface area contributed by atoms with Crippen molar-refractivity contribution in [3.63, 3.8) is 0 Å². The third kappa shape index (κ3) is 3.70. The summed E-state index contributed by atoms with van der Waals surface area (Å²) < 4.78 is 17.8. The van der Waals surface area contributed by atoms with Crippen LogP contribution in [0.25, 0.3) is 11.0 Å². The molecule has 0 saturated carbocycles. The number of hydrogen-bond acceptors (Lipinski definition) is 6. The quantitative estimate of drug-likeness (QED) is 0.268. The highest BCUT2D eigenvalue weighted by molar-refractivity contribution is 5.80. The smallest absolute Gasteiger partial charge is 0.336 e. The molecule has 182 valence electrons. The number of phenolic OH excluding ortho intramolecular Hbond substituents is 2. The number of rotatable bonds is 3. The Labute approximate surface area is 208 Å². The molecule has 2 heterocycles. The van der Waals surface area contributed by atoms with E-state index in [0.29, 0.717) is 17.1 Å². The molecule has 1 aliphatic heterocycles. The molecule has 6 heteroatoms. The first kappa shape index (κ1) is 22.3. The zero-order valence-electron chi connectivity index (χ0n) is 20.0. The maximum atomic E-state index is 11.9. The topological polar surface area (TPSA) is 89.1 Å². The Kier molecular flexibility index (Phi) is 5.25. The molecule has 6 rings (SSSR count). The summed E-state index contributed by atoms with van der Waals surface area (Å²) in [4.78, 5) is 11.9. The van der Waals surface area contributed by atoms with Gasteiger partial charge in [0.2, 0.25) is 0 Å². The molecule has 2 unspecified atom stereocenters. The van der Waals surface area contributed by atoms with Crippen molar-refractivity contribution in [2.45, 2.75) is 31.3 Å². The Bertz CT molecular complexity index is 1550. The molecule has 4 atom stereocenters. The lowest BCUT2D eigenvalue weighted by atomic mass is 9.64. The van der Waals surface area contributed by atoms with Crippen LogP contribution in [0.5, 0.6) is 23.0 Å². The third-order valence-electron chi connectivity index (χ3n) is 7.44. The van der Waals surface area contributed by atoms with E-state index in [0.717, 1.165) is 28.5 Å². The van der Waals surface area contributed by atoms with Crippen molar-refractivity contribution in [2.24, 2.45) is 5.92 Å². The van der Waals surface area contributed by atoms with Crippen molar-refractivity contribution in [3.8, 4) is 23.0 Å². The highest BCUT2D eigenvalue weighted by atomic mass is 16.5. The van der Waals surface area contributed by atoms with Crippen molar-refractivity contribution in [1.29, 1.82) is 0 Å². The van der Waals surface area contributed by atoms with Crippen molar-refractivity contribution in [2.75, 3.05) is 7.11 Å². The fourth-order valence-corrected chi connectivity index (χ4v) is 5.87. The summed E-state index contributed by atoms with van der Waals surface area (Å²) in [6.07, 6.45) is 2.77. The largest absolute Gasteiger partial charge is 0.508 e. The second-order valence-electron chi connectivity index (χ2n) is 9.67. The lowest BCUT2D eigenvalue weighted by Crippen LogP contribution is -2.36. The number of allylic oxidation sites excluding steroid dienone is 2. The van der Waals surface area contributed by atoms with E-state index in [4.69, 9.17) is 13.9 Å². The Morgan fingerprint density at radius 3 is 2.47 bits per heavy atom. The van der Waals surface area contributed by atoms with Gasteiger partial charge >= 0.3 is 5.63 Å². The maximum absolute atomic E-state index is 11.9. The Hall–Kier alpha value is -4.19. The van der Waals surface area contributed by atoms with E-state index < -0.39 is 11.7 Å². The van der Waals surface area contributed by atoms with Gasteiger partial charge in [0.05, 0.1) is 7.11 Å². The normalized spacial score (nSPS) is 22.8. The van der Waals surface area contributed by atoms with Gasteiger partial charge in [0.25, 0.3) is 0 Å². The first-order valence-corrected chi connectivity index (χ1v) is 12.0. The summed E-state index contributed by atoms with van der Waals surface area (Å²) in [5, 5.41) is 20.8. The second-order valence-corrected chi connectivity index (χ2v) is 9.67. The summed E-state index contributed by atoms with van der Waals surface area (Å²) in [5.41, 5.74) is 4.34. The number of aromatic hydroxyl groups is 2. The Balaban J connectivity index is 1.59. The zero-order valence-corrected chi connectivity index (χ0v) is 20.0. The number of hydrogen-bond donors (Lipinski definition) is 2. The van der Waals surface area contributed by atoms with Crippen molar-refractivity contribution in [3.05, 3.63) is 105 Å². The average Bonchev–Trinajstić information content (AvgIpc) is 2.87. The van der Waals surface area contributed by atoms with Crippen LogP contribution in [0.3, 0.4) is 0 Å². The SMILES string of the molecule is COc1cc(O)ccc1[C@H]1Oc2cc3oc(=O)ccc3cc2C2C=C(C)CC(c3ccc(O)cc3)[C@@H]21. The summed E-state index contributed by atoms with van der Waals surface area (Å²) in [7, 11) is 1.58. The summed E-state index contributed by atoms with van der Waals surface area (Å²) >= 11 is 0. The molecule has 0 radical (unpaired) electrons. The van der Waals surface area contributed by atoms with Crippen LogP contribution in [-0.4, -0.2) is 17.3 Å². The molecule has 36 heavy (non-hydrogen) atoms. The molecule has 0 bridgehead atoms. The first-order chi connectivity index (χ1) is 17.4. The molecule has 0 saturated heterocycles. The number of benzene rings is 3. The number of ether oxygens (including phenoxy) is 2. The van der Waals surface area contributed by atoms with E-state index in [1.807, 2.05) is 18.2 Å². The number of phenols is 2. The van der Waals surface area contributed by atoms with Crippen LogP contribution in [0, 0.1) is 5.92 Å². The van der Waals surface area contributed by atoms with Crippen LogP contribution in [0.4, 0.5) is 0 Å². The van der Waals surface area contributed by atoms with Crippen LogP contribution >= 0.6 is 0 Å². The highest BCUT2D eigenvalue weighted by Gasteiger charge is 2.46. The average molecular weight is 483 g/mol. The molecule has 1 aliphatic carbocycles. The van der Waals surface area contributed by atoms with Gasteiger partial charge in [-0.15, -0.1) is 0 Å². The summed E-state index contributed by atoms with van der Waals surface area (Å²) in [5.74, 6) is 1.71. The van der Waals surface area contributed by atoms with Crippen molar-refractivity contribution in [1.82, 2.24) is 0 Å². The van der Waals surface area contributed by atoms with Gasteiger partial charge in [0.15, 0.2) is 0 Å². The number of fused-ring (bicyclic) bond motifs is 4. The zero-order chi connectivity index (χ0) is 25.0. The van der Waals surface area contributed by atoms with Gasteiger partial charge in [-0.2, -0.15) is 0 Å². The van der Waals surface area contributed by atoms with Gasteiger partial charge in [-0.1, -0.05) is 23.8 Å². The fourth-order valence-electron chi connectivity index (χ4n) is 5.87. The van der Waals surface area contributed by atoms with E-state index in [1.54, 1.807) is 43.5 Å². The standard InChI is InChI=1S/C30H26O6/c1-16-11-22(17-3-6-19(31)7-4-17)29-24(12-16)23-13-18-5-10-28(33)35-25(18)15-27(23)36-30(29)21-9-8-20(32)14-26(21)34-2/h3-10,12-15,22,24,29-32H,11H2,1-2H3/t22?,24?,29-,30+/m0/s1. The molecular weight excluding hydrogens is 456 g/mol. The second kappa shape index (κ2) is 8.48. The minimum absolute atomic E-state index is 0.0114. The van der Waals surface area contributed by atoms with E-state index in [-0.39, 0.29) is 29.3 Å². The van der Waals surface area contributed by atoms with Gasteiger partial charge in [0.1, 0.15) is 34.7 Å². The van der Waals surface area contributed by atoms with E-state index in [1.165, 1.54) is 11.6 Å². The van der Waals surface area contributed by atoms with Crippen LogP contribution in [0.2, 0.25) is 0 Å². The van der Waals surface area contributed by atoms with Crippen molar-refractivity contribution < 1.29 is 24.1 Å². The fraction of sp³-hybridized carbons (Fsp3) is 0.233. The molecule has 3 aromatic carbocycles. The third-order valence-corrected chi connectivity index (χ3v) is 7.44. The Morgan fingerprint density at radius 1 is 0.917 bits per heavy atom. The van der Waals surface area contributed by atoms with E-state index in [9.17, 15) is 15.0 Å². The molecule has 1 aromatic heterocycles. The monoisotopic (exact) mass is 482 g/mol. The predicted octanol–water partition coefficient (Wildman–Crippen LogP) is 6.18. The van der Waals surface area contributed by atoms with Crippen LogP contribution < -0.4 is 15.1 Å². The maximum Gasteiger partial charge on any atom is 0.336 e. The predicted molar refractivity (Wildman–Crippen MR) is 136 cm³/mol. The molecular formula is C30H26O6. The van der Waals surface area contributed by atoms with Gasteiger partial charge in [-0.05, 0) is 61.2 Å². The van der Waals surface area contributed by atoms with Gasteiger partial charge in [0, 0.05) is 46.5 Å². The molecule has 0 spiro atoms. The molecule has 0 amide bonds. The minimum atomic E-state index is -0.409. The molecule has 4 aromatic rings. The first-order valence-electron chi connectivity index (χ1n) is 12.0. The molecule has 0 fully saturated rings. The van der Waals surface area contributed by atoms with Crippen LogP contribution in [0.1, 0.15) is 48.0 Å². The summed E-state index contributed by atoms with van der Waals surface area (Å²) in [6, 6.07) is 19.6. The lowest BCUT2D eigenvalue weighted by Gasteiger charge is -2.46. The van der Waals surface area contributed by atoms with Crippen LogP contribution in [0.15, 0.2) is 87.6 Å². The Morgan fingerprint density at radius 2 is 1.69 bits per heavy atom. The summed E-state index contributed by atoms with van der Waals surface area (Å²) in [6.45, 7) is 2.15. The van der Waals surface area contributed by atoms with Crippen molar-refractivity contribution >= 4 is 11.0 Å². The highest BCUT2D eigenvalue weighted by Crippen LogP contribution is 2.58. The van der Waals surface area contributed by atoms with Crippen LogP contribution in [-0.2, 0) is 0 Å². The van der Waals surface area contributed by atoms with Gasteiger partial charge in [-0.3, -0.25) is 0 Å².